The number of ether oxygens (including phenoxy) is 1. The maximum absolute atomic E-state index is 6.35. The molecule has 1 unspecified atom stereocenters. The molecule has 2 N–H and O–H groups in total. The molecule has 0 aromatic heterocycles. The zero-order chi connectivity index (χ0) is 15.4. The molecule has 0 aliphatic heterocycles. The van der Waals surface area contributed by atoms with Gasteiger partial charge in [-0.05, 0) is 48.6 Å². The fraction of sp³-hybridized carbons (Fsp3) is 0.368. The highest BCUT2D eigenvalue weighted by Gasteiger charge is 2.10. The summed E-state index contributed by atoms with van der Waals surface area (Å²) in [5, 5.41) is 0. The predicted molar refractivity (Wildman–Crippen MR) is 88.8 cm³/mol. The van der Waals surface area contributed by atoms with E-state index in [4.69, 9.17) is 10.5 Å². The van der Waals surface area contributed by atoms with Crippen molar-refractivity contribution in [3.63, 3.8) is 0 Å². The van der Waals surface area contributed by atoms with Crippen LogP contribution >= 0.6 is 0 Å². The number of rotatable bonds is 5. The van der Waals surface area contributed by atoms with E-state index in [1.54, 1.807) is 0 Å². The highest BCUT2D eigenvalue weighted by molar-refractivity contribution is 5.36. The van der Waals surface area contributed by atoms with Crippen molar-refractivity contribution >= 4 is 0 Å². The van der Waals surface area contributed by atoms with Crippen molar-refractivity contribution in [2.24, 2.45) is 5.73 Å². The van der Waals surface area contributed by atoms with Crippen molar-refractivity contribution in [2.75, 3.05) is 0 Å². The average molecular weight is 283 g/mol. The second-order valence-corrected chi connectivity index (χ2v) is 6.03. The molecule has 0 heterocycles. The van der Waals surface area contributed by atoms with Crippen LogP contribution in [0.2, 0.25) is 0 Å². The number of hydrogen-bond donors (Lipinski definition) is 1. The van der Waals surface area contributed by atoms with Crippen molar-refractivity contribution in [3.05, 3.63) is 65.2 Å². The molecule has 2 nitrogen and oxygen atoms in total. The average Bonchev–Trinajstić information content (AvgIpc) is 2.47. The lowest BCUT2D eigenvalue weighted by molar-refractivity contribution is 0.242. The summed E-state index contributed by atoms with van der Waals surface area (Å²) in [6.07, 6.45) is 0.188. The molecule has 0 radical (unpaired) electrons. The molecule has 0 aliphatic carbocycles. The van der Waals surface area contributed by atoms with Gasteiger partial charge in [0.2, 0.25) is 0 Å². The van der Waals surface area contributed by atoms with Crippen LogP contribution in [-0.4, -0.2) is 6.10 Å². The minimum absolute atomic E-state index is 0.0979. The number of benzene rings is 2. The first-order valence-electron chi connectivity index (χ1n) is 7.59. The molecular formula is C19H25NO. The third kappa shape index (κ3) is 4.08. The van der Waals surface area contributed by atoms with Crippen molar-refractivity contribution in [1.29, 1.82) is 0 Å². The SMILES string of the molecule is CC(C)Oc1ccc(C(N)c2ccc(C(C)C)cc2)cc1. The van der Waals surface area contributed by atoms with Gasteiger partial charge in [-0.1, -0.05) is 50.2 Å². The fourth-order valence-corrected chi connectivity index (χ4v) is 2.31. The molecule has 0 bridgehead atoms. The molecule has 21 heavy (non-hydrogen) atoms. The summed E-state index contributed by atoms with van der Waals surface area (Å²) in [7, 11) is 0. The van der Waals surface area contributed by atoms with Crippen LogP contribution < -0.4 is 10.5 Å². The minimum atomic E-state index is -0.0979. The van der Waals surface area contributed by atoms with Crippen LogP contribution in [0.15, 0.2) is 48.5 Å². The summed E-state index contributed by atoms with van der Waals surface area (Å²) in [6.45, 7) is 8.44. The summed E-state index contributed by atoms with van der Waals surface area (Å²) in [4.78, 5) is 0. The summed E-state index contributed by atoms with van der Waals surface area (Å²) in [5.74, 6) is 1.43. The van der Waals surface area contributed by atoms with Crippen molar-refractivity contribution < 1.29 is 4.74 Å². The summed E-state index contributed by atoms with van der Waals surface area (Å²) in [6, 6.07) is 16.5. The Kier molecular flexibility index (Phi) is 5.03. The standard InChI is InChI=1S/C19H25NO/c1-13(2)15-5-7-16(8-6-15)19(20)17-9-11-18(12-10-17)21-14(3)4/h5-14,19H,20H2,1-4H3. The first-order valence-corrected chi connectivity index (χ1v) is 7.59. The third-order valence-corrected chi connectivity index (χ3v) is 3.57. The van der Waals surface area contributed by atoms with E-state index in [-0.39, 0.29) is 12.1 Å². The lowest BCUT2D eigenvalue weighted by atomic mass is 9.96. The molecule has 0 aliphatic rings. The van der Waals surface area contributed by atoms with Gasteiger partial charge in [-0.25, -0.2) is 0 Å². The van der Waals surface area contributed by atoms with Crippen LogP contribution in [0, 0.1) is 0 Å². The molecule has 1 atom stereocenters. The third-order valence-electron chi connectivity index (χ3n) is 3.57. The van der Waals surface area contributed by atoms with E-state index in [0.717, 1.165) is 16.9 Å². The number of hydrogen-bond acceptors (Lipinski definition) is 2. The highest BCUT2D eigenvalue weighted by atomic mass is 16.5. The summed E-state index contributed by atoms with van der Waals surface area (Å²) < 4.78 is 5.66. The van der Waals surface area contributed by atoms with Crippen LogP contribution in [0.3, 0.4) is 0 Å². The van der Waals surface area contributed by atoms with Crippen LogP contribution in [0.5, 0.6) is 5.75 Å². The Morgan fingerprint density at radius 1 is 0.714 bits per heavy atom. The Morgan fingerprint density at radius 2 is 1.14 bits per heavy atom. The van der Waals surface area contributed by atoms with Gasteiger partial charge in [-0.3, -0.25) is 0 Å². The first-order chi connectivity index (χ1) is 9.97. The second-order valence-electron chi connectivity index (χ2n) is 6.03. The van der Waals surface area contributed by atoms with Gasteiger partial charge < -0.3 is 10.5 Å². The van der Waals surface area contributed by atoms with E-state index >= 15 is 0 Å². The smallest absolute Gasteiger partial charge is 0.119 e. The molecule has 2 aromatic rings. The van der Waals surface area contributed by atoms with Crippen LogP contribution in [-0.2, 0) is 0 Å². The molecule has 0 amide bonds. The Bertz CT molecular complexity index is 555. The molecule has 0 saturated heterocycles. The Balaban J connectivity index is 2.13. The monoisotopic (exact) mass is 283 g/mol. The van der Waals surface area contributed by atoms with Gasteiger partial charge in [0, 0.05) is 0 Å². The van der Waals surface area contributed by atoms with Gasteiger partial charge >= 0.3 is 0 Å². The van der Waals surface area contributed by atoms with Crippen molar-refractivity contribution in [2.45, 2.75) is 45.8 Å². The van der Waals surface area contributed by atoms with Crippen LogP contribution in [0.1, 0.15) is 56.3 Å². The van der Waals surface area contributed by atoms with Crippen LogP contribution in [0.25, 0.3) is 0 Å². The van der Waals surface area contributed by atoms with Crippen molar-refractivity contribution in [3.8, 4) is 5.75 Å². The minimum Gasteiger partial charge on any atom is -0.491 e. The molecule has 112 valence electrons. The summed E-state index contributed by atoms with van der Waals surface area (Å²) in [5.41, 5.74) is 9.93. The molecule has 2 rings (SSSR count). The second kappa shape index (κ2) is 6.77. The van der Waals surface area contributed by atoms with E-state index in [0.29, 0.717) is 5.92 Å². The van der Waals surface area contributed by atoms with Gasteiger partial charge in [-0.15, -0.1) is 0 Å². The molecular weight excluding hydrogens is 258 g/mol. The van der Waals surface area contributed by atoms with Crippen LogP contribution in [0.4, 0.5) is 0 Å². The Morgan fingerprint density at radius 3 is 1.57 bits per heavy atom. The van der Waals surface area contributed by atoms with E-state index in [2.05, 4.69) is 38.1 Å². The van der Waals surface area contributed by atoms with Gasteiger partial charge in [-0.2, -0.15) is 0 Å². The first kappa shape index (κ1) is 15.6. The normalized spacial score (nSPS) is 12.7. The zero-order valence-corrected chi connectivity index (χ0v) is 13.3. The molecule has 2 aromatic carbocycles. The Hall–Kier alpha value is -1.80. The highest BCUT2D eigenvalue weighted by Crippen LogP contribution is 2.24. The van der Waals surface area contributed by atoms with E-state index < -0.39 is 0 Å². The molecule has 0 spiro atoms. The van der Waals surface area contributed by atoms with E-state index in [1.165, 1.54) is 5.56 Å². The Labute approximate surface area is 127 Å². The molecule has 2 heteroatoms. The van der Waals surface area contributed by atoms with E-state index in [1.807, 2.05) is 38.1 Å². The molecule has 0 fully saturated rings. The molecule has 0 saturated carbocycles. The predicted octanol–water partition coefficient (Wildman–Crippen LogP) is 4.65. The maximum atomic E-state index is 6.35. The van der Waals surface area contributed by atoms with Gasteiger partial charge in [0.05, 0.1) is 12.1 Å². The lowest BCUT2D eigenvalue weighted by Crippen LogP contribution is -2.12. The van der Waals surface area contributed by atoms with Gasteiger partial charge in [0.1, 0.15) is 5.75 Å². The van der Waals surface area contributed by atoms with Gasteiger partial charge in [0.25, 0.3) is 0 Å². The summed E-state index contributed by atoms with van der Waals surface area (Å²) >= 11 is 0. The quantitative estimate of drug-likeness (QED) is 0.867. The largest absolute Gasteiger partial charge is 0.491 e. The maximum Gasteiger partial charge on any atom is 0.119 e. The topological polar surface area (TPSA) is 35.2 Å². The fourth-order valence-electron chi connectivity index (χ4n) is 2.31. The van der Waals surface area contributed by atoms with Crippen molar-refractivity contribution in [1.82, 2.24) is 0 Å². The number of nitrogens with two attached hydrogens (primary N) is 1. The van der Waals surface area contributed by atoms with Gasteiger partial charge in [0.15, 0.2) is 0 Å². The lowest BCUT2D eigenvalue weighted by Gasteiger charge is -2.15. The van der Waals surface area contributed by atoms with E-state index in [9.17, 15) is 0 Å². The zero-order valence-electron chi connectivity index (χ0n) is 13.3.